The zero-order valence-corrected chi connectivity index (χ0v) is 11.8. The number of carbonyl (C=O) groups is 1. The van der Waals surface area contributed by atoms with Crippen LogP contribution in [0.15, 0.2) is 11.1 Å². The number of carbonyl (C=O) groups excluding carboxylic acids is 1. The molecule has 0 aromatic carbocycles. The van der Waals surface area contributed by atoms with Crippen LogP contribution in [0.25, 0.3) is 0 Å². The molecule has 1 aliphatic heterocycles. The zero-order valence-electron chi connectivity index (χ0n) is 10.1. The van der Waals surface area contributed by atoms with Gasteiger partial charge in [0.15, 0.2) is 5.06 Å². The number of ether oxygens (including phenoxy) is 1. The van der Waals surface area contributed by atoms with Gasteiger partial charge in [0.05, 0.1) is 5.41 Å². The van der Waals surface area contributed by atoms with Crippen LogP contribution in [0, 0.1) is 5.41 Å². The molecule has 0 radical (unpaired) electrons. The Labute approximate surface area is 111 Å². The normalized spacial score (nSPS) is 13.8. The monoisotopic (exact) mass is 273 g/mol. The van der Waals surface area contributed by atoms with Gasteiger partial charge in [0, 0.05) is 35.7 Å². The van der Waals surface area contributed by atoms with E-state index in [9.17, 15) is 4.79 Å². The van der Waals surface area contributed by atoms with Gasteiger partial charge in [-0.15, -0.1) is 23.7 Å². The summed E-state index contributed by atoms with van der Waals surface area (Å²) in [6.07, 6.45) is 2.80. The highest BCUT2D eigenvalue weighted by atomic mass is 35.5. The highest BCUT2D eigenvalue weighted by Gasteiger charge is 2.25. The Morgan fingerprint density at radius 3 is 2.76 bits per heavy atom. The second kappa shape index (κ2) is 5.19. The quantitative estimate of drug-likeness (QED) is 0.738. The van der Waals surface area contributed by atoms with Gasteiger partial charge >= 0.3 is 5.97 Å². The zero-order chi connectivity index (χ0) is 11.8. The minimum atomic E-state index is -0.460. The number of nitrogens with zero attached hydrogens (tertiary/aromatic N) is 1. The topological polar surface area (TPSA) is 38.7 Å². The van der Waals surface area contributed by atoms with Gasteiger partial charge in [-0.2, -0.15) is 0 Å². The summed E-state index contributed by atoms with van der Waals surface area (Å²) in [6, 6.07) is 1.90. The van der Waals surface area contributed by atoms with Crippen LogP contribution >= 0.6 is 23.7 Å². The van der Waals surface area contributed by atoms with Crippen molar-refractivity contribution in [1.82, 2.24) is 0 Å². The summed E-state index contributed by atoms with van der Waals surface area (Å²) < 4.78 is 5.35. The van der Waals surface area contributed by atoms with Crippen LogP contribution in [0.5, 0.6) is 5.06 Å². The molecule has 0 unspecified atom stereocenters. The van der Waals surface area contributed by atoms with Gasteiger partial charge in [0.1, 0.15) is 0 Å². The second-order valence-corrected chi connectivity index (χ2v) is 5.97. The summed E-state index contributed by atoms with van der Waals surface area (Å²) in [7, 11) is 0. The summed E-state index contributed by atoms with van der Waals surface area (Å²) >= 11 is 1.55. The third-order valence-electron chi connectivity index (χ3n) is 2.32. The maximum Gasteiger partial charge on any atom is 0.317 e. The first kappa shape index (κ1) is 14.2. The predicted molar refractivity (Wildman–Crippen MR) is 72.8 cm³/mol. The summed E-state index contributed by atoms with van der Waals surface area (Å²) in [5, 5.41) is 0.679. The Hall–Kier alpha value is -0.870. The molecule has 0 atom stereocenters. The average molecular weight is 274 g/mol. The Morgan fingerprint density at radius 1 is 1.47 bits per heavy atom. The highest BCUT2D eigenvalue weighted by molar-refractivity contribution is 7.14. The van der Waals surface area contributed by atoms with Crippen LogP contribution in [-0.2, 0) is 11.2 Å². The SMILES string of the molecule is CC(C)(C)C(=O)Oc1cc2c(s1)CCN=C2.Cl. The third kappa shape index (κ3) is 3.30. The van der Waals surface area contributed by atoms with E-state index in [0.717, 1.165) is 18.5 Å². The molecule has 0 spiro atoms. The summed E-state index contributed by atoms with van der Waals surface area (Å²) in [5.41, 5.74) is 0.631. The fourth-order valence-electron chi connectivity index (χ4n) is 1.35. The molecular formula is C12H16ClNO2S. The number of esters is 1. The van der Waals surface area contributed by atoms with Crippen LogP contribution < -0.4 is 4.74 Å². The van der Waals surface area contributed by atoms with Crippen LogP contribution in [0.2, 0.25) is 0 Å². The molecule has 0 fully saturated rings. The van der Waals surface area contributed by atoms with Gasteiger partial charge < -0.3 is 4.74 Å². The molecular weight excluding hydrogens is 258 g/mol. The molecule has 1 aromatic rings. The van der Waals surface area contributed by atoms with Crippen molar-refractivity contribution in [2.45, 2.75) is 27.2 Å². The lowest BCUT2D eigenvalue weighted by Crippen LogP contribution is -2.25. The molecule has 17 heavy (non-hydrogen) atoms. The van der Waals surface area contributed by atoms with E-state index in [1.54, 1.807) is 11.3 Å². The maximum atomic E-state index is 11.7. The molecule has 0 saturated carbocycles. The lowest BCUT2D eigenvalue weighted by atomic mass is 9.97. The average Bonchev–Trinajstić information content (AvgIpc) is 2.58. The van der Waals surface area contributed by atoms with Crippen molar-refractivity contribution >= 4 is 35.9 Å². The van der Waals surface area contributed by atoms with E-state index in [-0.39, 0.29) is 18.4 Å². The molecule has 0 N–H and O–H groups in total. The lowest BCUT2D eigenvalue weighted by Gasteiger charge is -2.14. The smallest absolute Gasteiger partial charge is 0.317 e. The van der Waals surface area contributed by atoms with Gasteiger partial charge in [-0.1, -0.05) is 0 Å². The minimum Gasteiger partial charge on any atom is -0.415 e. The van der Waals surface area contributed by atoms with E-state index < -0.39 is 5.41 Å². The fourth-order valence-corrected chi connectivity index (χ4v) is 2.31. The predicted octanol–water partition coefficient (Wildman–Crippen LogP) is 3.10. The molecule has 0 saturated heterocycles. The van der Waals surface area contributed by atoms with E-state index in [1.807, 2.05) is 33.1 Å². The number of thiophene rings is 1. The Bertz CT molecular complexity index is 446. The Balaban J connectivity index is 0.00000144. The van der Waals surface area contributed by atoms with E-state index in [0.29, 0.717) is 5.06 Å². The van der Waals surface area contributed by atoms with Crippen molar-refractivity contribution in [3.05, 3.63) is 16.5 Å². The molecule has 0 amide bonds. The maximum absolute atomic E-state index is 11.7. The van der Waals surface area contributed by atoms with Gasteiger partial charge in [0.2, 0.25) is 0 Å². The highest BCUT2D eigenvalue weighted by Crippen LogP contribution is 2.31. The summed E-state index contributed by atoms with van der Waals surface area (Å²) in [4.78, 5) is 17.2. The number of fused-ring (bicyclic) bond motifs is 1. The number of rotatable bonds is 1. The molecule has 0 bridgehead atoms. The molecule has 1 aliphatic rings. The largest absolute Gasteiger partial charge is 0.415 e. The van der Waals surface area contributed by atoms with Crippen molar-refractivity contribution < 1.29 is 9.53 Å². The van der Waals surface area contributed by atoms with E-state index in [2.05, 4.69) is 4.99 Å². The van der Waals surface area contributed by atoms with Crippen molar-refractivity contribution in [3.63, 3.8) is 0 Å². The summed E-state index contributed by atoms with van der Waals surface area (Å²) in [5.74, 6) is -0.192. The first-order valence-electron chi connectivity index (χ1n) is 5.31. The fraction of sp³-hybridized carbons (Fsp3) is 0.500. The molecule has 1 aromatic heterocycles. The van der Waals surface area contributed by atoms with Crippen LogP contribution in [0.1, 0.15) is 31.2 Å². The Morgan fingerprint density at radius 2 is 2.18 bits per heavy atom. The molecule has 2 rings (SSSR count). The van der Waals surface area contributed by atoms with Crippen molar-refractivity contribution in [2.24, 2.45) is 10.4 Å². The van der Waals surface area contributed by atoms with Crippen LogP contribution in [-0.4, -0.2) is 18.7 Å². The number of hydrogen-bond donors (Lipinski definition) is 0. The third-order valence-corrected chi connectivity index (χ3v) is 3.41. The minimum absolute atomic E-state index is 0. The number of aliphatic imine (C=N–C) groups is 1. The van der Waals surface area contributed by atoms with Crippen molar-refractivity contribution in [2.75, 3.05) is 6.54 Å². The molecule has 0 aliphatic carbocycles. The van der Waals surface area contributed by atoms with Crippen LogP contribution in [0.3, 0.4) is 0 Å². The number of hydrogen-bond acceptors (Lipinski definition) is 4. The Kier molecular flexibility index (Phi) is 4.33. The first-order valence-corrected chi connectivity index (χ1v) is 6.13. The van der Waals surface area contributed by atoms with E-state index in [1.165, 1.54) is 4.88 Å². The first-order chi connectivity index (χ1) is 7.47. The van der Waals surface area contributed by atoms with Crippen molar-refractivity contribution in [3.8, 4) is 5.06 Å². The molecule has 5 heteroatoms. The van der Waals surface area contributed by atoms with Crippen molar-refractivity contribution in [1.29, 1.82) is 0 Å². The second-order valence-electron chi connectivity index (χ2n) is 4.87. The lowest BCUT2D eigenvalue weighted by molar-refractivity contribution is -0.142. The van der Waals surface area contributed by atoms with Gasteiger partial charge in [-0.25, -0.2) is 0 Å². The number of halogens is 1. The molecule has 94 valence electrons. The van der Waals surface area contributed by atoms with Crippen LogP contribution in [0.4, 0.5) is 0 Å². The van der Waals surface area contributed by atoms with Gasteiger partial charge in [-0.05, 0) is 20.8 Å². The molecule has 3 nitrogen and oxygen atoms in total. The standard InChI is InChI=1S/C12H15NO2S.ClH/c1-12(2,3)11(14)15-10-6-8-7-13-5-4-9(8)16-10;/h6-7H,4-5H2,1-3H3;1H. The van der Waals surface area contributed by atoms with E-state index in [4.69, 9.17) is 4.74 Å². The molecule has 2 heterocycles. The van der Waals surface area contributed by atoms with E-state index >= 15 is 0 Å². The van der Waals surface area contributed by atoms with Gasteiger partial charge in [0.25, 0.3) is 0 Å². The van der Waals surface area contributed by atoms with Gasteiger partial charge in [-0.3, -0.25) is 9.79 Å². The summed E-state index contributed by atoms with van der Waals surface area (Å²) in [6.45, 7) is 6.39.